The minimum absolute atomic E-state index is 0.0617. The number of rotatable bonds is 3. The normalized spacial score (nSPS) is 11.2. The molecule has 5 rings (SSSR count). The smallest absolute Gasteiger partial charge is 0.325 e. The van der Waals surface area contributed by atoms with E-state index in [1.54, 1.807) is 18.5 Å². The Balaban J connectivity index is 1.51. The quantitative estimate of drug-likeness (QED) is 0.464. The Morgan fingerprint density at radius 3 is 2.82 bits per heavy atom. The lowest BCUT2D eigenvalue weighted by molar-refractivity contribution is 0.412. The second kappa shape index (κ2) is 6.51. The molecule has 7 heteroatoms. The van der Waals surface area contributed by atoms with Crippen LogP contribution >= 0.6 is 11.6 Å². The Morgan fingerprint density at radius 2 is 1.93 bits per heavy atom. The van der Waals surface area contributed by atoms with Crippen LogP contribution in [0.1, 0.15) is 0 Å². The summed E-state index contributed by atoms with van der Waals surface area (Å²) in [6.45, 7) is 0. The van der Waals surface area contributed by atoms with Gasteiger partial charge in [0.2, 0.25) is 5.88 Å². The Hall–Kier alpha value is -3.64. The molecule has 0 saturated heterocycles. The third kappa shape index (κ3) is 2.90. The van der Waals surface area contributed by atoms with Crippen molar-refractivity contribution >= 4 is 33.4 Å². The van der Waals surface area contributed by atoms with E-state index in [9.17, 15) is 5.11 Å². The van der Waals surface area contributed by atoms with Gasteiger partial charge in [0.25, 0.3) is 0 Å². The number of benzene rings is 2. The van der Waals surface area contributed by atoms with Crippen molar-refractivity contribution in [1.29, 1.82) is 0 Å². The van der Waals surface area contributed by atoms with Gasteiger partial charge in [0.1, 0.15) is 5.75 Å². The largest absolute Gasteiger partial charge is 0.493 e. The van der Waals surface area contributed by atoms with Crippen molar-refractivity contribution < 1.29 is 9.84 Å². The van der Waals surface area contributed by atoms with Gasteiger partial charge in [-0.25, -0.2) is 0 Å². The SMILES string of the molecule is Oc1nc(Oc2ccc3c(ccn3-c3cccc(Cl)c3)c2)nc2cnccc12. The summed E-state index contributed by atoms with van der Waals surface area (Å²) in [5.74, 6) is 0.426. The molecular weight excluding hydrogens is 376 g/mol. The summed E-state index contributed by atoms with van der Waals surface area (Å²) < 4.78 is 7.82. The number of nitrogens with zero attached hydrogens (tertiary/aromatic N) is 4. The third-order valence-electron chi connectivity index (χ3n) is 4.42. The minimum atomic E-state index is -0.143. The van der Waals surface area contributed by atoms with Crippen LogP contribution in [0.3, 0.4) is 0 Å². The topological polar surface area (TPSA) is 73.1 Å². The zero-order chi connectivity index (χ0) is 19.1. The molecule has 0 amide bonds. The molecule has 0 aliphatic heterocycles. The predicted octanol–water partition coefficient (Wildman–Crippen LogP) is 5.12. The van der Waals surface area contributed by atoms with Gasteiger partial charge in [-0.1, -0.05) is 17.7 Å². The standard InChI is InChI=1S/C21H13ClN4O2/c22-14-2-1-3-15(11-14)26-9-7-13-10-16(4-5-19(13)26)28-21-24-18-12-23-8-6-17(18)20(27)25-21/h1-12H,(H,24,25,27). The van der Waals surface area contributed by atoms with E-state index in [4.69, 9.17) is 16.3 Å². The van der Waals surface area contributed by atoms with Gasteiger partial charge < -0.3 is 14.4 Å². The van der Waals surface area contributed by atoms with Crippen LogP contribution in [0.4, 0.5) is 0 Å². The van der Waals surface area contributed by atoms with Crippen molar-refractivity contribution in [2.24, 2.45) is 0 Å². The van der Waals surface area contributed by atoms with Crippen molar-refractivity contribution in [3.8, 4) is 23.3 Å². The highest BCUT2D eigenvalue weighted by Gasteiger charge is 2.10. The number of aromatic hydroxyl groups is 1. The average Bonchev–Trinajstić information content (AvgIpc) is 3.11. The highest BCUT2D eigenvalue weighted by atomic mass is 35.5. The fourth-order valence-electron chi connectivity index (χ4n) is 3.13. The van der Waals surface area contributed by atoms with Crippen molar-refractivity contribution in [2.45, 2.75) is 0 Å². The first-order valence-electron chi connectivity index (χ1n) is 8.53. The summed E-state index contributed by atoms with van der Waals surface area (Å²) in [5.41, 5.74) is 2.51. The molecule has 0 aliphatic carbocycles. The Morgan fingerprint density at radius 1 is 1.00 bits per heavy atom. The fraction of sp³-hybridized carbons (Fsp3) is 0. The molecular formula is C21H13ClN4O2. The van der Waals surface area contributed by atoms with E-state index in [1.165, 1.54) is 0 Å². The lowest BCUT2D eigenvalue weighted by atomic mass is 10.2. The molecule has 2 aromatic carbocycles. The Kier molecular flexibility index (Phi) is 3.84. The summed E-state index contributed by atoms with van der Waals surface area (Å²) in [4.78, 5) is 12.3. The molecule has 3 heterocycles. The van der Waals surface area contributed by atoms with Crippen molar-refractivity contribution in [2.75, 3.05) is 0 Å². The van der Waals surface area contributed by atoms with Crippen molar-refractivity contribution in [1.82, 2.24) is 19.5 Å². The van der Waals surface area contributed by atoms with Crippen molar-refractivity contribution in [3.05, 3.63) is 78.2 Å². The maximum Gasteiger partial charge on any atom is 0.325 e. The molecule has 0 radical (unpaired) electrons. The van der Waals surface area contributed by atoms with Gasteiger partial charge in [0, 0.05) is 28.5 Å². The molecule has 136 valence electrons. The number of ether oxygens (including phenoxy) is 1. The Bertz CT molecular complexity index is 1330. The molecule has 0 unspecified atom stereocenters. The van der Waals surface area contributed by atoms with Crippen molar-refractivity contribution in [3.63, 3.8) is 0 Å². The molecule has 6 nitrogen and oxygen atoms in total. The highest BCUT2D eigenvalue weighted by Crippen LogP contribution is 2.29. The molecule has 0 aliphatic rings. The summed E-state index contributed by atoms with van der Waals surface area (Å²) in [6.07, 6.45) is 5.10. The van der Waals surface area contributed by atoms with E-state index >= 15 is 0 Å². The van der Waals surface area contributed by atoms with Gasteiger partial charge in [-0.2, -0.15) is 9.97 Å². The molecule has 0 spiro atoms. The predicted molar refractivity (Wildman–Crippen MR) is 107 cm³/mol. The third-order valence-corrected chi connectivity index (χ3v) is 4.65. The number of hydrogen-bond acceptors (Lipinski definition) is 5. The van der Waals surface area contributed by atoms with E-state index in [0.717, 1.165) is 16.6 Å². The number of aromatic nitrogens is 4. The van der Waals surface area contributed by atoms with Crippen LogP contribution in [0, 0.1) is 0 Å². The highest BCUT2D eigenvalue weighted by molar-refractivity contribution is 6.30. The maximum absolute atomic E-state index is 10.1. The van der Waals surface area contributed by atoms with Crippen LogP contribution in [-0.2, 0) is 0 Å². The van der Waals surface area contributed by atoms with Gasteiger partial charge in [0.15, 0.2) is 0 Å². The van der Waals surface area contributed by atoms with Crippen LogP contribution in [0.15, 0.2) is 73.2 Å². The van der Waals surface area contributed by atoms with E-state index in [0.29, 0.717) is 21.7 Å². The van der Waals surface area contributed by atoms with Crippen LogP contribution in [-0.4, -0.2) is 24.6 Å². The average molecular weight is 389 g/mol. The number of fused-ring (bicyclic) bond motifs is 2. The lowest BCUT2D eigenvalue weighted by Gasteiger charge is -2.08. The molecule has 0 fully saturated rings. The minimum Gasteiger partial charge on any atom is -0.493 e. The first-order chi connectivity index (χ1) is 13.7. The molecule has 28 heavy (non-hydrogen) atoms. The van der Waals surface area contributed by atoms with Gasteiger partial charge >= 0.3 is 6.01 Å². The molecule has 3 aromatic heterocycles. The second-order valence-electron chi connectivity index (χ2n) is 6.21. The number of hydrogen-bond donors (Lipinski definition) is 1. The summed E-state index contributed by atoms with van der Waals surface area (Å²) >= 11 is 6.11. The van der Waals surface area contributed by atoms with Crippen LogP contribution < -0.4 is 4.74 Å². The number of pyridine rings is 1. The molecule has 0 saturated carbocycles. The summed E-state index contributed by atoms with van der Waals surface area (Å²) in [7, 11) is 0. The Labute approximate surface area is 164 Å². The van der Waals surface area contributed by atoms with Gasteiger partial charge in [-0.3, -0.25) is 4.98 Å². The van der Waals surface area contributed by atoms with Gasteiger partial charge in [-0.05, 0) is 48.5 Å². The van der Waals surface area contributed by atoms with Crippen LogP contribution in [0.2, 0.25) is 5.02 Å². The first-order valence-corrected chi connectivity index (χ1v) is 8.91. The molecule has 1 N–H and O–H groups in total. The van der Waals surface area contributed by atoms with E-state index < -0.39 is 0 Å². The van der Waals surface area contributed by atoms with Crippen LogP contribution in [0.5, 0.6) is 17.6 Å². The van der Waals surface area contributed by atoms with Gasteiger partial charge in [-0.15, -0.1) is 0 Å². The molecule has 0 bridgehead atoms. The monoisotopic (exact) mass is 388 g/mol. The van der Waals surface area contributed by atoms with E-state index in [2.05, 4.69) is 19.5 Å². The van der Waals surface area contributed by atoms with Crippen LogP contribution in [0.25, 0.3) is 27.5 Å². The zero-order valence-electron chi connectivity index (χ0n) is 14.5. The fourth-order valence-corrected chi connectivity index (χ4v) is 3.31. The second-order valence-corrected chi connectivity index (χ2v) is 6.65. The zero-order valence-corrected chi connectivity index (χ0v) is 15.2. The summed E-state index contributed by atoms with van der Waals surface area (Å²) in [6, 6.07) is 17.0. The summed E-state index contributed by atoms with van der Waals surface area (Å²) in [5, 5.41) is 12.3. The number of halogens is 1. The first kappa shape index (κ1) is 16.5. The molecule has 0 atom stereocenters. The van der Waals surface area contributed by atoms with E-state index in [1.807, 2.05) is 54.7 Å². The maximum atomic E-state index is 10.1. The molecule has 5 aromatic rings. The van der Waals surface area contributed by atoms with E-state index in [-0.39, 0.29) is 11.9 Å². The lowest BCUT2D eigenvalue weighted by Crippen LogP contribution is -1.94. The van der Waals surface area contributed by atoms with Gasteiger partial charge in [0.05, 0.1) is 22.6 Å².